The molecule has 0 bridgehead atoms. The summed E-state index contributed by atoms with van der Waals surface area (Å²) in [5.74, 6) is -0.133. The number of halogens is 1. The number of unbranched alkanes of at least 4 members (excludes halogenated alkanes) is 4. The van der Waals surface area contributed by atoms with E-state index in [-0.39, 0.29) is 36.4 Å². The van der Waals surface area contributed by atoms with Crippen molar-refractivity contribution in [2.75, 3.05) is 20.7 Å². The second-order valence-electron chi connectivity index (χ2n) is 9.02. The normalized spacial score (nSPS) is 25.8. The molecule has 1 aliphatic heterocycles. The van der Waals surface area contributed by atoms with Gasteiger partial charge < -0.3 is 14.4 Å². The van der Waals surface area contributed by atoms with Gasteiger partial charge in [0, 0.05) is 31.5 Å². The summed E-state index contributed by atoms with van der Waals surface area (Å²) in [6.07, 6.45) is 19.1. The third-order valence-corrected chi connectivity index (χ3v) is 6.53. The Morgan fingerprint density at radius 2 is 2.03 bits per heavy atom. The van der Waals surface area contributed by atoms with Crippen LogP contribution in [0.1, 0.15) is 71.6 Å². The lowest BCUT2D eigenvalue weighted by Gasteiger charge is -2.18. The number of amides is 1. The zero-order valence-electron chi connectivity index (χ0n) is 20.1. The van der Waals surface area contributed by atoms with Crippen LogP contribution in [0.5, 0.6) is 0 Å². The second-order valence-corrected chi connectivity index (χ2v) is 9.50. The Morgan fingerprint density at radius 1 is 1.28 bits per heavy atom. The van der Waals surface area contributed by atoms with Crippen molar-refractivity contribution < 1.29 is 19.1 Å². The van der Waals surface area contributed by atoms with Gasteiger partial charge in [0.2, 0.25) is 5.91 Å². The van der Waals surface area contributed by atoms with E-state index in [0.29, 0.717) is 17.9 Å². The van der Waals surface area contributed by atoms with Gasteiger partial charge in [-0.3, -0.25) is 9.59 Å². The molecule has 4 atom stereocenters. The minimum absolute atomic E-state index is 0.0226. The Bertz CT molecular complexity index is 717. The third kappa shape index (κ3) is 7.86. The molecule has 1 saturated heterocycles. The smallest absolute Gasteiger partial charge is 0.222 e. The summed E-state index contributed by atoms with van der Waals surface area (Å²) in [4.78, 5) is 26.5. The van der Waals surface area contributed by atoms with Gasteiger partial charge in [-0.05, 0) is 25.3 Å². The number of nitrogens with zero attached hydrogens (tertiary/aromatic N) is 1. The molecule has 1 aliphatic carbocycles. The Balaban J connectivity index is 1.67. The summed E-state index contributed by atoms with van der Waals surface area (Å²) in [6.45, 7) is 4.36. The molecule has 0 aromatic heterocycles. The first-order valence-corrected chi connectivity index (χ1v) is 12.4. The molecule has 0 aromatic carbocycles. The fourth-order valence-corrected chi connectivity index (χ4v) is 4.46. The van der Waals surface area contributed by atoms with E-state index in [9.17, 15) is 9.59 Å². The molecule has 0 saturated carbocycles. The predicted molar refractivity (Wildman–Crippen MR) is 130 cm³/mol. The Labute approximate surface area is 198 Å². The van der Waals surface area contributed by atoms with Crippen LogP contribution in [-0.2, 0) is 19.1 Å². The molecule has 2 aliphatic rings. The van der Waals surface area contributed by atoms with E-state index in [1.807, 2.05) is 19.1 Å². The topological polar surface area (TPSA) is 59.1 Å². The number of ether oxygens (including phenoxy) is 2. The van der Waals surface area contributed by atoms with E-state index in [1.54, 1.807) is 25.1 Å². The third-order valence-electron chi connectivity index (χ3n) is 6.30. The van der Waals surface area contributed by atoms with Crippen LogP contribution in [0.4, 0.5) is 0 Å². The molecular weight excluding hydrogens is 426 g/mol. The maximum absolute atomic E-state index is 12.4. The molecule has 1 amide bonds. The highest BCUT2D eigenvalue weighted by Gasteiger charge is 2.62. The Morgan fingerprint density at radius 3 is 2.75 bits per heavy atom. The molecule has 0 spiro atoms. The van der Waals surface area contributed by atoms with Crippen LogP contribution in [0.15, 0.2) is 35.4 Å². The number of methoxy groups -OCH3 is 1. The molecule has 0 N–H and O–H groups in total. The first-order valence-electron chi connectivity index (χ1n) is 12.0. The zero-order valence-corrected chi connectivity index (χ0v) is 20.9. The molecule has 4 unspecified atom stereocenters. The number of carbonyl (C=O) groups is 2. The number of fused-ring (bicyclic) bond motifs is 1. The van der Waals surface area contributed by atoms with Crippen molar-refractivity contribution in [3.8, 4) is 0 Å². The van der Waals surface area contributed by atoms with Crippen LogP contribution in [0, 0.1) is 5.92 Å². The Hall–Kier alpha value is -1.43. The van der Waals surface area contributed by atoms with E-state index < -0.39 is 5.60 Å². The van der Waals surface area contributed by atoms with Crippen molar-refractivity contribution in [2.24, 2.45) is 5.92 Å². The van der Waals surface area contributed by atoms with E-state index in [4.69, 9.17) is 21.1 Å². The van der Waals surface area contributed by atoms with Crippen LogP contribution in [0.2, 0.25) is 0 Å². The Kier molecular flexibility index (Phi) is 11.2. The number of carbonyl (C=O) groups excluding carboxylic acids is 2. The van der Waals surface area contributed by atoms with E-state index >= 15 is 0 Å². The fourth-order valence-electron chi connectivity index (χ4n) is 4.12. The molecule has 6 heteroatoms. The molecule has 32 heavy (non-hydrogen) atoms. The standard InChI is InChI=1S/C26H40ClNO4/c1-5-6-7-8-10-13-22(31-4)14-11-9-12-15-24(29)28(3)19-21(27)18-26-23(32-26)17-16-20(2)25(26)30/h9,11,16-18,20,22-23H,5-8,10,12-15,19H2,1-4H3. The van der Waals surface area contributed by atoms with Crippen molar-refractivity contribution in [3.63, 3.8) is 0 Å². The first kappa shape index (κ1) is 26.8. The molecule has 5 nitrogen and oxygen atoms in total. The molecule has 1 fully saturated rings. The van der Waals surface area contributed by atoms with Crippen molar-refractivity contribution in [2.45, 2.75) is 89.4 Å². The van der Waals surface area contributed by atoms with Crippen molar-refractivity contribution >= 4 is 23.3 Å². The number of hydrogen-bond acceptors (Lipinski definition) is 4. The average molecular weight is 466 g/mol. The highest BCUT2D eigenvalue weighted by Crippen LogP contribution is 2.46. The van der Waals surface area contributed by atoms with Gasteiger partial charge in [0.15, 0.2) is 11.4 Å². The number of epoxide rings is 1. The van der Waals surface area contributed by atoms with E-state index in [0.717, 1.165) is 12.8 Å². The summed E-state index contributed by atoms with van der Waals surface area (Å²) in [5, 5.41) is 0.455. The molecular formula is C26H40ClNO4. The molecule has 1 heterocycles. The van der Waals surface area contributed by atoms with Gasteiger partial charge in [-0.15, -0.1) is 0 Å². The monoisotopic (exact) mass is 465 g/mol. The molecule has 2 rings (SSSR count). The second kappa shape index (κ2) is 13.3. The van der Waals surface area contributed by atoms with Gasteiger partial charge in [-0.1, -0.05) is 81.9 Å². The maximum Gasteiger partial charge on any atom is 0.222 e. The number of allylic oxidation sites excluding steroid dienone is 2. The lowest BCUT2D eigenvalue weighted by atomic mass is 9.85. The molecule has 180 valence electrons. The van der Waals surface area contributed by atoms with Gasteiger partial charge in [0.05, 0.1) is 12.6 Å². The van der Waals surface area contributed by atoms with E-state index in [2.05, 4.69) is 19.1 Å². The SMILES string of the molecule is CCCCCCCC(CC=CCCC(=O)N(C)CC(Cl)=CC12OC1C=CC(C)C2=O)OC. The number of ketones is 1. The lowest BCUT2D eigenvalue weighted by molar-refractivity contribution is -0.129. The lowest BCUT2D eigenvalue weighted by Crippen LogP contribution is -2.33. The van der Waals surface area contributed by atoms with Crippen LogP contribution in [0.3, 0.4) is 0 Å². The van der Waals surface area contributed by atoms with Gasteiger partial charge >= 0.3 is 0 Å². The molecule has 0 aromatic rings. The molecule has 0 radical (unpaired) electrons. The number of rotatable bonds is 15. The highest BCUT2D eigenvalue weighted by molar-refractivity contribution is 6.30. The van der Waals surface area contributed by atoms with Crippen LogP contribution in [0.25, 0.3) is 0 Å². The van der Waals surface area contributed by atoms with Crippen LogP contribution in [-0.4, -0.2) is 55.1 Å². The van der Waals surface area contributed by atoms with Gasteiger partial charge in [-0.2, -0.15) is 0 Å². The van der Waals surface area contributed by atoms with Gasteiger partial charge in [-0.25, -0.2) is 0 Å². The summed E-state index contributed by atoms with van der Waals surface area (Å²) in [6, 6.07) is 0. The van der Waals surface area contributed by atoms with Crippen molar-refractivity contribution in [1.29, 1.82) is 0 Å². The van der Waals surface area contributed by atoms with Gasteiger partial charge in [0.1, 0.15) is 6.10 Å². The van der Waals surface area contributed by atoms with Gasteiger partial charge in [0.25, 0.3) is 0 Å². The summed E-state index contributed by atoms with van der Waals surface area (Å²) >= 11 is 6.37. The summed E-state index contributed by atoms with van der Waals surface area (Å²) in [7, 11) is 3.50. The quantitative estimate of drug-likeness (QED) is 0.180. The van der Waals surface area contributed by atoms with Crippen molar-refractivity contribution in [1.82, 2.24) is 4.90 Å². The first-order chi connectivity index (χ1) is 15.3. The minimum atomic E-state index is -0.925. The maximum atomic E-state index is 12.4. The van der Waals surface area contributed by atoms with Crippen LogP contribution < -0.4 is 0 Å². The predicted octanol–water partition coefficient (Wildman–Crippen LogP) is 5.58. The highest BCUT2D eigenvalue weighted by atomic mass is 35.5. The number of hydrogen-bond donors (Lipinski definition) is 0. The van der Waals surface area contributed by atoms with E-state index in [1.165, 1.54) is 32.1 Å². The summed E-state index contributed by atoms with van der Waals surface area (Å²) in [5.41, 5.74) is -0.925. The minimum Gasteiger partial charge on any atom is -0.381 e. The fraction of sp³-hybridized carbons (Fsp3) is 0.692. The zero-order chi connectivity index (χ0) is 23.6. The number of likely N-dealkylation sites (N-methyl/N-ethyl adjacent to an activating group) is 1. The van der Waals surface area contributed by atoms with Crippen molar-refractivity contribution in [3.05, 3.63) is 35.4 Å². The average Bonchev–Trinajstić information content (AvgIpc) is 3.48. The largest absolute Gasteiger partial charge is 0.381 e. The summed E-state index contributed by atoms with van der Waals surface area (Å²) < 4.78 is 11.2. The van der Waals surface area contributed by atoms with Crippen LogP contribution >= 0.6 is 11.6 Å². The number of Topliss-reactive ketones (excluding diaryl/α,β-unsaturated/α-hetero) is 1.